The van der Waals surface area contributed by atoms with E-state index < -0.39 is 5.91 Å². The average Bonchev–Trinajstić information content (AvgIpc) is 2.52. The van der Waals surface area contributed by atoms with Crippen LogP contribution in [0.15, 0.2) is 60.7 Å². The number of carbonyl (C=O) groups is 1. The van der Waals surface area contributed by atoms with Gasteiger partial charge in [0.25, 0.3) is 5.91 Å². The van der Waals surface area contributed by atoms with Crippen LogP contribution in [0.4, 0.5) is 0 Å². The molecule has 1 N–H and O–H groups in total. The maximum atomic E-state index is 11.5. The van der Waals surface area contributed by atoms with Gasteiger partial charge >= 0.3 is 0 Å². The number of fused-ring (bicyclic) bond motifs is 3. The van der Waals surface area contributed by atoms with Crippen LogP contribution < -0.4 is 0 Å². The van der Waals surface area contributed by atoms with Gasteiger partial charge in [0.1, 0.15) is 0 Å². The maximum absolute atomic E-state index is 11.5. The van der Waals surface area contributed by atoms with E-state index in [2.05, 4.69) is 24.3 Å². The van der Waals surface area contributed by atoms with Crippen LogP contribution in [-0.4, -0.2) is 23.2 Å². The number of amides is 1. The van der Waals surface area contributed by atoms with Crippen LogP contribution >= 0.6 is 0 Å². The lowest BCUT2D eigenvalue weighted by Gasteiger charge is -2.08. The normalized spacial score (nSPS) is 11.3. The average molecular weight is 277 g/mol. The summed E-state index contributed by atoms with van der Waals surface area (Å²) < 4.78 is 0. The molecule has 0 aliphatic carbocycles. The molecule has 3 heteroatoms. The Bertz CT molecular complexity index is 850. The Kier molecular flexibility index (Phi) is 3.42. The van der Waals surface area contributed by atoms with Gasteiger partial charge in [-0.2, -0.15) is 0 Å². The van der Waals surface area contributed by atoms with Crippen LogP contribution in [0, 0.1) is 0 Å². The van der Waals surface area contributed by atoms with Crippen molar-refractivity contribution >= 4 is 33.5 Å². The van der Waals surface area contributed by atoms with Crippen LogP contribution in [-0.2, 0) is 4.79 Å². The van der Waals surface area contributed by atoms with E-state index in [1.165, 1.54) is 18.5 Å². The minimum Gasteiger partial charge on any atom is -0.286 e. The van der Waals surface area contributed by atoms with Crippen molar-refractivity contribution in [2.75, 3.05) is 7.05 Å². The molecule has 3 aromatic carbocycles. The fourth-order valence-electron chi connectivity index (χ4n) is 2.49. The number of carbonyl (C=O) groups excluding carboxylic acids is 1. The van der Waals surface area contributed by atoms with Gasteiger partial charge in [-0.1, -0.05) is 48.5 Å². The van der Waals surface area contributed by atoms with Gasteiger partial charge in [0.05, 0.1) is 0 Å². The molecule has 0 heterocycles. The number of hydroxylamine groups is 2. The first-order valence-corrected chi connectivity index (χ1v) is 6.72. The van der Waals surface area contributed by atoms with E-state index in [4.69, 9.17) is 5.21 Å². The molecule has 0 aromatic heterocycles. The molecule has 104 valence electrons. The van der Waals surface area contributed by atoms with Gasteiger partial charge in [0.15, 0.2) is 0 Å². The van der Waals surface area contributed by atoms with Crippen LogP contribution in [0.5, 0.6) is 0 Å². The zero-order valence-corrected chi connectivity index (χ0v) is 11.7. The van der Waals surface area contributed by atoms with Gasteiger partial charge in [0.2, 0.25) is 0 Å². The van der Waals surface area contributed by atoms with Crippen LogP contribution in [0.3, 0.4) is 0 Å². The van der Waals surface area contributed by atoms with Crippen molar-refractivity contribution in [2.45, 2.75) is 0 Å². The fourth-order valence-corrected chi connectivity index (χ4v) is 2.49. The molecule has 0 radical (unpaired) electrons. The molecule has 1 amide bonds. The summed E-state index contributed by atoms with van der Waals surface area (Å²) in [5, 5.41) is 14.2. The first-order valence-electron chi connectivity index (χ1n) is 6.72. The van der Waals surface area contributed by atoms with E-state index in [9.17, 15) is 4.79 Å². The molecule has 3 aromatic rings. The second-order valence-corrected chi connectivity index (χ2v) is 4.93. The Morgan fingerprint density at radius 2 is 1.62 bits per heavy atom. The summed E-state index contributed by atoms with van der Waals surface area (Å²) in [5.74, 6) is -0.452. The predicted molar refractivity (Wildman–Crippen MR) is 85.0 cm³/mol. The second kappa shape index (κ2) is 5.38. The monoisotopic (exact) mass is 277 g/mol. The molecule has 0 atom stereocenters. The van der Waals surface area contributed by atoms with Crippen molar-refractivity contribution in [1.82, 2.24) is 5.06 Å². The lowest BCUT2D eigenvalue weighted by atomic mass is 9.97. The first kappa shape index (κ1) is 13.3. The molecule has 0 fully saturated rings. The van der Waals surface area contributed by atoms with Crippen molar-refractivity contribution in [3.05, 3.63) is 66.2 Å². The zero-order valence-electron chi connectivity index (χ0n) is 11.7. The van der Waals surface area contributed by atoms with E-state index in [1.54, 1.807) is 6.08 Å². The van der Waals surface area contributed by atoms with Crippen molar-refractivity contribution in [2.24, 2.45) is 0 Å². The number of rotatable bonds is 2. The summed E-state index contributed by atoms with van der Waals surface area (Å²) in [7, 11) is 1.31. The fraction of sp³-hybridized carbons (Fsp3) is 0.0556. The Morgan fingerprint density at radius 3 is 2.33 bits per heavy atom. The second-order valence-electron chi connectivity index (χ2n) is 4.93. The van der Waals surface area contributed by atoms with E-state index in [0.717, 1.165) is 21.7 Å². The minimum atomic E-state index is -0.452. The summed E-state index contributed by atoms with van der Waals surface area (Å²) in [4.78, 5) is 11.5. The highest BCUT2D eigenvalue weighted by Gasteiger charge is 2.05. The zero-order chi connectivity index (χ0) is 14.8. The molecule has 21 heavy (non-hydrogen) atoms. The van der Waals surface area contributed by atoms with Gasteiger partial charge in [-0.05, 0) is 39.3 Å². The van der Waals surface area contributed by atoms with Crippen molar-refractivity contribution < 1.29 is 10.0 Å². The molecule has 3 rings (SSSR count). The largest absolute Gasteiger partial charge is 0.286 e. The predicted octanol–water partition coefficient (Wildman–Crippen LogP) is 3.85. The third kappa shape index (κ3) is 2.51. The third-order valence-corrected chi connectivity index (χ3v) is 3.52. The molecule has 0 bridgehead atoms. The number of likely N-dealkylation sites (N-methyl/N-ethyl adjacent to an activating group) is 1. The summed E-state index contributed by atoms with van der Waals surface area (Å²) >= 11 is 0. The minimum absolute atomic E-state index is 0.452. The van der Waals surface area contributed by atoms with Gasteiger partial charge < -0.3 is 0 Å². The lowest BCUT2D eigenvalue weighted by Crippen LogP contribution is -2.19. The highest BCUT2D eigenvalue weighted by Crippen LogP contribution is 2.29. The maximum Gasteiger partial charge on any atom is 0.269 e. The topological polar surface area (TPSA) is 40.5 Å². The number of hydrogen-bond acceptors (Lipinski definition) is 2. The van der Waals surface area contributed by atoms with Crippen LogP contribution in [0.2, 0.25) is 0 Å². The van der Waals surface area contributed by atoms with Crippen LogP contribution in [0.25, 0.3) is 27.6 Å². The highest BCUT2D eigenvalue weighted by molar-refractivity contribution is 6.11. The number of nitrogens with zero attached hydrogens (tertiary/aromatic N) is 1. The van der Waals surface area contributed by atoms with E-state index in [-0.39, 0.29) is 0 Å². The number of benzene rings is 3. The van der Waals surface area contributed by atoms with Gasteiger partial charge in [-0.25, -0.2) is 5.06 Å². The molecule has 0 spiro atoms. The van der Waals surface area contributed by atoms with E-state index >= 15 is 0 Å². The molecular formula is C18H15NO2. The summed E-state index contributed by atoms with van der Waals surface area (Å²) in [6, 6.07) is 18.3. The summed E-state index contributed by atoms with van der Waals surface area (Å²) in [5.41, 5.74) is 0.958. The highest BCUT2D eigenvalue weighted by atomic mass is 16.5. The van der Waals surface area contributed by atoms with Gasteiger partial charge in [0, 0.05) is 13.1 Å². The molecule has 0 aliphatic rings. The van der Waals surface area contributed by atoms with Crippen molar-refractivity contribution in [3.8, 4) is 0 Å². The number of hydrogen-bond donors (Lipinski definition) is 1. The standard InChI is InChI=1S/C18H15NO2/c1-19(21)18(20)11-10-14-12-13-6-2-3-7-15(13)17-9-5-4-8-16(14)17/h2-12,21H,1H3. The molecule has 0 unspecified atom stereocenters. The van der Waals surface area contributed by atoms with Gasteiger partial charge in [-0.15, -0.1) is 0 Å². The SMILES string of the molecule is CN(O)C(=O)C=Cc1cc2ccccc2c2ccccc12. The molecular weight excluding hydrogens is 262 g/mol. The van der Waals surface area contributed by atoms with Crippen LogP contribution in [0.1, 0.15) is 5.56 Å². The quantitative estimate of drug-likeness (QED) is 0.334. The smallest absolute Gasteiger partial charge is 0.269 e. The Balaban J connectivity index is 2.23. The van der Waals surface area contributed by atoms with Crippen molar-refractivity contribution in [1.29, 1.82) is 0 Å². The lowest BCUT2D eigenvalue weighted by molar-refractivity contribution is -0.153. The molecule has 3 nitrogen and oxygen atoms in total. The Morgan fingerprint density at radius 1 is 1.00 bits per heavy atom. The molecule has 0 aliphatic heterocycles. The van der Waals surface area contributed by atoms with Gasteiger partial charge in [-0.3, -0.25) is 10.0 Å². The van der Waals surface area contributed by atoms with E-state index in [0.29, 0.717) is 5.06 Å². The van der Waals surface area contributed by atoms with E-state index in [1.807, 2.05) is 30.3 Å². The summed E-state index contributed by atoms with van der Waals surface area (Å²) in [6.45, 7) is 0. The molecule has 0 saturated heterocycles. The molecule has 0 saturated carbocycles. The Hall–Kier alpha value is -2.65. The third-order valence-electron chi connectivity index (χ3n) is 3.52. The Labute approximate surface area is 122 Å². The van der Waals surface area contributed by atoms with Crippen molar-refractivity contribution in [3.63, 3.8) is 0 Å². The summed E-state index contributed by atoms with van der Waals surface area (Å²) in [6.07, 6.45) is 3.11. The first-order chi connectivity index (χ1) is 10.2.